The minimum Gasteiger partial charge on any atom is -0.462 e. The smallest absolute Gasteiger partial charge is 0.337 e. The molecular weight excluding hydrogens is 153 g/mol. The summed E-state index contributed by atoms with van der Waals surface area (Å²) in [5, 5.41) is 0. The third kappa shape index (κ3) is 1.84. The Morgan fingerprint density at radius 1 is 1.75 bits per heavy atom. The highest BCUT2D eigenvalue weighted by molar-refractivity contribution is 6.35. The Hall–Kier alpha value is -1.32. The minimum absolute atomic E-state index is 0.343. The number of rotatable bonds is 2. The molecule has 0 saturated heterocycles. The van der Waals surface area contributed by atoms with E-state index < -0.39 is 5.97 Å². The number of pyridine rings is 1. The summed E-state index contributed by atoms with van der Waals surface area (Å²) in [6.07, 6.45) is 2.93. The van der Waals surface area contributed by atoms with Crippen molar-refractivity contribution in [2.75, 3.05) is 6.61 Å². The van der Waals surface area contributed by atoms with Crippen LogP contribution in [0.2, 0.25) is 0 Å². The van der Waals surface area contributed by atoms with Crippen molar-refractivity contribution in [2.45, 2.75) is 6.92 Å². The fourth-order valence-electron chi connectivity index (χ4n) is 0.801. The highest BCUT2D eigenvalue weighted by Crippen LogP contribution is 1.95. The molecule has 60 valence electrons. The minimum atomic E-state index is -0.405. The van der Waals surface area contributed by atoms with Crippen LogP contribution in [0.1, 0.15) is 17.3 Å². The summed E-state index contributed by atoms with van der Waals surface area (Å²) in [6.45, 7) is 2.09. The lowest BCUT2D eigenvalue weighted by Gasteiger charge is -2.03. The van der Waals surface area contributed by atoms with Crippen LogP contribution in [0.3, 0.4) is 0 Å². The fourth-order valence-corrected chi connectivity index (χ4v) is 0.801. The predicted molar refractivity (Wildman–Crippen MR) is 45.6 cm³/mol. The Labute approximate surface area is 72.2 Å². The summed E-state index contributed by atoms with van der Waals surface area (Å²) in [5.41, 5.74) is 0.711. The first-order chi connectivity index (χ1) is 5.75. The summed E-state index contributed by atoms with van der Waals surface area (Å²) in [6, 6.07) is 1.54. The van der Waals surface area contributed by atoms with Crippen LogP contribution >= 0.6 is 0 Å². The van der Waals surface area contributed by atoms with Gasteiger partial charge in [-0.25, -0.2) is 4.79 Å². The van der Waals surface area contributed by atoms with E-state index in [9.17, 15) is 4.79 Å². The topological polar surface area (TPSA) is 39.2 Å². The van der Waals surface area contributed by atoms with Gasteiger partial charge in [0, 0.05) is 12.4 Å². The molecule has 0 aliphatic carbocycles. The summed E-state index contributed by atoms with van der Waals surface area (Å²) in [7, 11) is 5.49. The van der Waals surface area contributed by atoms with E-state index in [1.165, 1.54) is 18.5 Å². The molecular formula is C8H8BNO2. The average molecular weight is 161 g/mol. The van der Waals surface area contributed by atoms with Gasteiger partial charge in [0.05, 0.1) is 12.2 Å². The van der Waals surface area contributed by atoms with Crippen LogP contribution in [-0.2, 0) is 4.74 Å². The van der Waals surface area contributed by atoms with Gasteiger partial charge in [-0.15, -0.1) is 0 Å². The SMILES string of the molecule is [B]c1cnccc1C(=O)OCC. The Morgan fingerprint density at radius 3 is 3.08 bits per heavy atom. The fraction of sp³-hybridized carbons (Fsp3) is 0.250. The second-order valence-electron chi connectivity index (χ2n) is 2.18. The predicted octanol–water partition coefficient (Wildman–Crippen LogP) is 0.0521. The van der Waals surface area contributed by atoms with Gasteiger partial charge in [-0.3, -0.25) is 4.98 Å². The molecule has 3 nitrogen and oxygen atoms in total. The molecule has 0 atom stereocenters. The van der Waals surface area contributed by atoms with Gasteiger partial charge in [0.1, 0.15) is 7.85 Å². The Bertz CT molecular complexity index is 288. The number of esters is 1. The molecule has 0 aromatic carbocycles. The van der Waals surface area contributed by atoms with Crippen molar-refractivity contribution in [3.8, 4) is 0 Å². The van der Waals surface area contributed by atoms with Crippen molar-refractivity contribution in [1.82, 2.24) is 4.98 Å². The molecule has 0 aliphatic heterocycles. The molecule has 2 radical (unpaired) electrons. The standard InChI is InChI=1S/C8H8BNO2/c1-2-12-8(11)6-3-4-10-5-7(6)9/h3-5H,2H2,1H3. The maximum Gasteiger partial charge on any atom is 0.337 e. The van der Waals surface area contributed by atoms with E-state index in [1.54, 1.807) is 6.92 Å². The third-order valence-electron chi connectivity index (χ3n) is 1.35. The van der Waals surface area contributed by atoms with Crippen LogP contribution in [0, 0.1) is 0 Å². The van der Waals surface area contributed by atoms with Gasteiger partial charge in [-0.05, 0) is 13.0 Å². The van der Waals surface area contributed by atoms with E-state index in [-0.39, 0.29) is 0 Å². The highest BCUT2D eigenvalue weighted by atomic mass is 16.5. The first-order valence-corrected chi connectivity index (χ1v) is 3.62. The maximum absolute atomic E-state index is 11.1. The number of carbonyl (C=O) groups is 1. The summed E-state index contributed by atoms with van der Waals surface area (Å²) in [5.74, 6) is -0.405. The van der Waals surface area contributed by atoms with Crippen molar-refractivity contribution < 1.29 is 9.53 Å². The zero-order valence-electron chi connectivity index (χ0n) is 6.78. The van der Waals surface area contributed by atoms with E-state index >= 15 is 0 Å². The molecule has 0 bridgehead atoms. The van der Waals surface area contributed by atoms with Crippen LogP contribution in [0.5, 0.6) is 0 Å². The summed E-state index contributed by atoms with van der Waals surface area (Å²) < 4.78 is 4.76. The van der Waals surface area contributed by atoms with E-state index in [1.807, 2.05) is 0 Å². The normalized spacial score (nSPS) is 9.42. The van der Waals surface area contributed by atoms with Crippen molar-refractivity contribution in [3.05, 3.63) is 24.0 Å². The molecule has 4 heteroatoms. The molecule has 0 aliphatic rings. The molecule has 0 spiro atoms. The molecule has 0 amide bonds. The Balaban J connectivity index is 2.87. The lowest BCUT2D eigenvalue weighted by Crippen LogP contribution is -2.18. The Kier molecular flexibility index (Phi) is 2.85. The largest absolute Gasteiger partial charge is 0.462 e. The van der Waals surface area contributed by atoms with Crippen LogP contribution in [-0.4, -0.2) is 25.4 Å². The van der Waals surface area contributed by atoms with Crippen molar-refractivity contribution in [1.29, 1.82) is 0 Å². The third-order valence-corrected chi connectivity index (χ3v) is 1.35. The second-order valence-corrected chi connectivity index (χ2v) is 2.18. The monoisotopic (exact) mass is 161 g/mol. The Morgan fingerprint density at radius 2 is 2.50 bits per heavy atom. The number of aromatic nitrogens is 1. The van der Waals surface area contributed by atoms with Crippen LogP contribution in [0.4, 0.5) is 0 Å². The van der Waals surface area contributed by atoms with Crippen molar-refractivity contribution >= 4 is 19.3 Å². The zero-order chi connectivity index (χ0) is 8.97. The maximum atomic E-state index is 11.1. The van der Waals surface area contributed by atoms with Gasteiger partial charge in [0.15, 0.2) is 0 Å². The molecule has 0 unspecified atom stereocenters. The van der Waals surface area contributed by atoms with Crippen LogP contribution in [0.25, 0.3) is 0 Å². The zero-order valence-corrected chi connectivity index (χ0v) is 6.78. The van der Waals surface area contributed by atoms with Gasteiger partial charge < -0.3 is 4.74 Å². The molecule has 1 aromatic heterocycles. The number of nitrogens with zero attached hydrogens (tertiary/aromatic N) is 1. The quantitative estimate of drug-likeness (QED) is 0.454. The van der Waals surface area contributed by atoms with Gasteiger partial charge in [-0.1, -0.05) is 5.46 Å². The summed E-state index contributed by atoms with van der Waals surface area (Å²) in [4.78, 5) is 14.9. The molecule has 0 saturated carbocycles. The van der Waals surface area contributed by atoms with Gasteiger partial charge in [0.2, 0.25) is 0 Å². The first kappa shape index (κ1) is 8.78. The second kappa shape index (κ2) is 3.90. The van der Waals surface area contributed by atoms with Crippen LogP contribution < -0.4 is 5.46 Å². The van der Waals surface area contributed by atoms with E-state index in [0.717, 1.165) is 0 Å². The summed E-state index contributed by atoms with van der Waals surface area (Å²) >= 11 is 0. The molecule has 1 rings (SSSR count). The highest BCUT2D eigenvalue weighted by Gasteiger charge is 2.07. The molecule has 0 fully saturated rings. The lowest BCUT2D eigenvalue weighted by atomic mass is 9.93. The number of hydrogen-bond donors (Lipinski definition) is 0. The molecule has 1 heterocycles. The number of hydrogen-bond acceptors (Lipinski definition) is 3. The van der Waals surface area contributed by atoms with Gasteiger partial charge in [-0.2, -0.15) is 0 Å². The number of carbonyl (C=O) groups excluding carboxylic acids is 1. The molecule has 1 aromatic rings. The molecule has 12 heavy (non-hydrogen) atoms. The van der Waals surface area contributed by atoms with Crippen LogP contribution in [0.15, 0.2) is 18.5 Å². The van der Waals surface area contributed by atoms with Gasteiger partial charge >= 0.3 is 5.97 Å². The number of ether oxygens (including phenoxy) is 1. The lowest BCUT2D eigenvalue weighted by molar-refractivity contribution is 0.0528. The van der Waals surface area contributed by atoms with E-state index in [4.69, 9.17) is 12.6 Å². The van der Waals surface area contributed by atoms with E-state index in [0.29, 0.717) is 17.6 Å². The van der Waals surface area contributed by atoms with Crippen molar-refractivity contribution in [2.24, 2.45) is 0 Å². The average Bonchev–Trinajstić information content (AvgIpc) is 2.05. The first-order valence-electron chi connectivity index (χ1n) is 3.62. The molecule has 0 N–H and O–H groups in total. The van der Waals surface area contributed by atoms with Gasteiger partial charge in [0.25, 0.3) is 0 Å². The van der Waals surface area contributed by atoms with E-state index in [2.05, 4.69) is 4.98 Å². The van der Waals surface area contributed by atoms with Crippen molar-refractivity contribution in [3.63, 3.8) is 0 Å².